The number of hydrogen-bond acceptors (Lipinski definition) is 2. The summed E-state index contributed by atoms with van der Waals surface area (Å²) in [6.07, 6.45) is 1.98. The Morgan fingerprint density at radius 1 is 0.309 bits per heavy atom. The van der Waals surface area contributed by atoms with E-state index in [1.165, 1.54) is 107 Å². The summed E-state index contributed by atoms with van der Waals surface area (Å²) in [6, 6.07) is 67.0. The third-order valence-corrected chi connectivity index (χ3v) is 12.8. The van der Waals surface area contributed by atoms with Crippen molar-refractivity contribution >= 4 is 96.1 Å². The van der Waals surface area contributed by atoms with Gasteiger partial charge in [-0.05, 0) is 123 Å². The molecular formula is C53H31NS. The number of pyridine rings is 1. The third-order valence-electron chi connectivity index (χ3n) is 11.7. The van der Waals surface area contributed by atoms with Crippen LogP contribution in [0.2, 0.25) is 0 Å². The molecule has 0 aliphatic heterocycles. The first-order valence-electron chi connectivity index (χ1n) is 18.9. The second kappa shape index (κ2) is 11.8. The SMILES string of the molecule is c1ccc2c(-c3c4ccccc4c(-c4cc(-c5ccc6sc7cc8c9ccccc9c9ccccc9c8cc7c6c5)ccn4)c4ccccc34)cccc2c1. The molecule has 55 heavy (non-hydrogen) atoms. The summed E-state index contributed by atoms with van der Waals surface area (Å²) in [5, 5.41) is 17.9. The zero-order valence-electron chi connectivity index (χ0n) is 29.8. The molecule has 0 unspecified atom stereocenters. The fourth-order valence-corrected chi connectivity index (χ4v) is 10.3. The Morgan fingerprint density at radius 2 is 0.818 bits per heavy atom. The van der Waals surface area contributed by atoms with Crippen LogP contribution in [-0.4, -0.2) is 4.98 Å². The van der Waals surface area contributed by atoms with Gasteiger partial charge in [-0.3, -0.25) is 4.98 Å². The van der Waals surface area contributed by atoms with Gasteiger partial charge in [0.25, 0.3) is 0 Å². The molecule has 254 valence electrons. The predicted octanol–water partition coefficient (Wildman–Crippen LogP) is 15.4. The molecule has 10 aromatic carbocycles. The van der Waals surface area contributed by atoms with Crippen molar-refractivity contribution in [2.45, 2.75) is 0 Å². The summed E-state index contributed by atoms with van der Waals surface area (Å²) in [6.45, 7) is 0. The molecule has 0 aliphatic carbocycles. The summed E-state index contributed by atoms with van der Waals surface area (Å²) in [5.74, 6) is 0. The normalized spacial score (nSPS) is 12.0. The smallest absolute Gasteiger partial charge is 0.0720 e. The Bertz CT molecular complexity index is 3490. The molecule has 12 rings (SSSR count). The molecule has 0 saturated heterocycles. The van der Waals surface area contributed by atoms with Crippen molar-refractivity contribution in [2.75, 3.05) is 0 Å². The van der Waals surface area contributed by atoms with E-state index in [1.54, 1.807) is 0 Å². The maximum atomic E-state index is 5.08. The van der Waals surface area contributed by atoms with E-state index in [-0.39, 0.29) is 0 Å². The highest BCUT2D eigenvalue weighted by atomic mass is 32.1. The molecule has 0 N–H and O–H groups in total. The van der Waals surface area contributed by atoms with Crippen LogP contribution in [0.15, 0.2) is 188 Å². The van der Waals surface area contributed by atoms with Gasteiger partial charge in [-0.25, -0.2) is 0 Å². The number of fused-ring (bicyclic) bond motifs is 12. The largest absolute Gasteiger partial charge is 0.256 e. The minimum atomic E-state index is 0.981. The van der Waals surface area contributed by atoms with E-state index < -0.39 is 0 Å². The quantitative estimate of drug-likeness (QED) is 0.131. The molecule has 0 saturated carbocycles. The van der Waals surface area contributed by atoms with Crippen molar-refractivity contribution in [3.8, 4) is 33.5 Å². The lowest BCUT2D eigenvalue weighted by Crippen LogP contribution is -1.93. The zero-order chi connectivity index (χ0) is 36.0. The Hall–Kier alpha value is -6.87. The van der Waals surface area contributed by atoms with Gasteiger partial charge in [-0.1, -0.05) is 146 Å². The summed E-state index contributed by atoms with van der Waals surface area (Å²) >= 11 is 1.88. The highest BCUT2D eigenvalue weighted by Crippen LogP contribution is 2.46. The molecule has 0 bridgehead atoms. The molecular weight excluding hydrogens is 683 g/mol. The van der Waals surface area contributed by atoms with Gasteiger partial charge in [0.15, 0.2) is 0 Å². The lowest BCUT2D eigenvalue weighted by Gasteiger charge is -2.18. The molecule has 0 aliphatic rings. The second-order valence-electron chi connectivity index (χ2n) is 14.6. The summed E-state index contributed by atoms with van der Waals surface area (Å²) < 4.78 is 2.62. The van der Waals surface area contributed by atoms with E-state index in [0.717, 1.165) is 11.3 Å². The first-order chi connectivity index (χ1) is 27.3. The van der Waals surface area contributed by atoms with E-state index in [0.29, 0.717) is 0 Å². The van der Waals surface area contributed by atoms with Crippen LogP contribution >= 0.6 is 11.3 Å². The highest BCUT2D eigenvalue weighted by Gasteiger charge is 2.19. The molecule has 2 heteroatoms. The van der Waals surface area contributed by atoms with Gasteiger partial charge in [0.2, 0.25) is 0 Å². The summed E-state index contributed by atoms with van der Waals surface area (Å²) in [7, 11) is 0. The minimum absolute atomic E-state index is 0.981. The topological polar surface area (TPSA) is 12.9 Å². The number of thiophene rings is 1. The monoisotopic (exact) mass is 713 g/mol. The first kappa shape index (κ1) is 30.6. The van der Waals surface area contributed by atoms with Crippen LogP contribution in [0.3, 0.4) is 0 Å². The van der Waals surface area contributed by atoms with E-state index in [4.69, 9.17) is 4.98 Å². The maximum Gasteiger partial charge on any atom is 0.0720 e. The van der Waals surface area contributed by atoms with E-state index >= 15 is 0 Å². The van der Waals surface area contributed by atoms with Gasteiger partial charge >= 0.3 is 0 Å². The number of nitrogens with zero attached hydrogens (tertiary/aromatic N) is 1. The van der Waals surface area contributed by atoms with E-state index in [2.05, 4.69) is 182 Å². The lowest BCUT2D eigenvalue weighted by molar-refractivity contribution is 1.34. The molecule has 0 atom stereocenters. The van der Waals surface area contributed by atoms with Crippen LogP contribution in [0, 0.1) is 0 Å². The van der Waals surface area contributed by atoms with Crippen LogP contribution in [0.1, 0.15) is 0 Å². The van der Waals surface area contributed by atoms with E-state index in [9.17, 15) is 0 Å². The Kier molecular flexibility index (Phi) is 6.57. The van der Waals surface area contributed by atoms with E-state index in [1.807, 2.05) is 17.5 Å². The highest BCUT2D eigenvalue weighted by molar-refractivity contribution is 7.25. The van der Waals surface area contributed by atoms with Crippen molar-refractivity contribution < 1.29 is 0 Å². The Labute approximate surface area is 321 Å². The van der Waals surface area contributed by atoms with Crippen molar-refractivity contribution in [2.24, 2.45) is 0 Å². The molecule has 2 heterocycles. The molecule has 1 nitrogen and oxygen atoms in total. The lowest BCUT2D eigenvalue weighted by atomic mass is 9.85. The standard InChI is InChI=1S/C53H31NS/c1-2-14-35-32(12-1)13-11-23-40(35)52-41-19-7-9-21-43(41)53(44-22-10-8-20-42(44)52)49-29-34(26-27-54-49)33-24-25-50-47(28-33)48-30-45-38-17-5-3-15-36(38)37-16-4-6-18-39(37)46(45)31-51(48)55-50/h1-31H. The molecule has 0 amide bonds. The van der Waals surface area contributed by atoms with Crippen LogP contribution < -0.4 is 0 Å². The average molecular weight is 714 g/mol. The maximum absolute atomic E-state index is 5.08. The summed E-state index contributed by atoms with van der Waals surface area (Å²) in [5.41, 5.74) is 7.03. The van der Waals surface area contributed by atoms with Crippen LogP contribution in [0.4, 0.5) is 0 Å². The van der Waals surface area contributed by atoms with Crippen molar-refractivity contribution in [3.05, 3.63) is 188 Å². The molecule has 0 radical (unpaired) electrons. The van der Waals surface area contributed by atoms with Gasteiger partial charge in [0, 0.05) is 31.9 Å². The molecule has 0 spiro atoms. The number of rotatable bonds is 3. The van der Waals surface area contributed by atoms with Crippen LogP contribution in [0.25, 0.3) is 118 Å². The second-order valence-corrected chi connectivity index (χ2v) is 15.7. The minimum Gasteiger partial charge on any atom is -0.256 e. The Morgan fingerprint density at radius 3 is 1.49 bits per heavy atom. The van der Waals surface area contributed by atoms with Crippen molar-refractivity contribution in [3.63, 3.8) is 0 Å². The van der Waals surface area contributed by atoms with Crippen molar-refractivity contribution in [1.82, 2.24) is 4.98 Å². The van der Waals surface area contributed by atoms with Crippen LogP contribution in [0.5, 0.6) is 0 Å². The van der Waals surface area contributed by atoms with Gasteiger partial charge in [0.05, 0.1) is 5.69 Å². The first-order valence-corrected chi connectivity index (χ1v) is 19.7. The van der Waals surface area contributed by atoms with Crippen LogP contribution in [-0.2, 0) is 0 Å². The third kappa shape index (κ3) is 4.56. The number of aromatic nitrogens is 1. The predicted molar refractivity (Wildman–Crippen MR) is 238 cm³/mol. The summed E-state index contributed by atoms with van der Waals surface area (Å²) in [4.78, 5) is 5.08. The van der Waals surface area contributed by atoms with Crippen molar-refractivity contribution in [1.29, 1.82) is 0 Å². The molecule has 0 fully saturated rings. The van der Waals surface area contributed by atoms with Gasteiger partial charge in [0.1, 0.15) is 0 Å². The Balaban J connectivity index is 1.06. The molecule has 12 aromatic rings. The average Bonchev–Trinajstić information content (AvgIpc) is 3.62. The number of hydrogen-bond donors (Lipinski definition) is 0. The fraction of sp³-hybridized carbons (Fsp3) is 0. The fourth-order valence-electron chi connectivity index (χ4n) is 9.24. The van der Waals surface area contributed by atoms with Gasteiger partial charge in [-0.2, -0.15) is 0 Å². The zero-order valence-corrected chi connectivity index (χ0v) is 30.6. The van der Waals surface area contributed by atoms with Gasteiger partial charge in [-0.15, -0.1) is 11.3 Å². The number of benzene rings is 10. The molecule has 2 aromatic heterocycles. The van der Waals surface area contributed by atoms with Gasteiger partial charge < -0.3 is 0 Å².